The quantitative estimate of drug-likeness (QED) is 0.543. The Morgan fingerprint density at radius 2 is 1.62 bits per heavy atom. The molecule has 46 valence electrons. The van der Waals surface area contributed by atoms with Crippen molar-refractivity contribution in [2.45, 2.75) is 36.5 Å². The van der Waals surface area contributed by atoms with Gasteiger partial charge in [0.2, 0.25) is 0 Å². The summed E-state index contributed by atoms with van der Waals surface area (Å²) in [6.07, 6.45) is 6.07. The van der Waals surface area contributed by atoms with Gasteiger partial charge >= 0.3 is 65.0 Å². The molecule has 0 nitrogen and oxygen atoms in total. The van der Waals surface area contributed by atoms with E-state index in [9.17, 15) is 0 Å². The molecule has 0 amide bonds. The average Bonchev–Trinajstić information content (AvgIpc) is 1.77. The van der Waals surface area contributed by atoms with E-state index in [2.05, 4.69) is 6.92 Å². The van der Waals surface area contributed by atoms with Crippen molar-refractivity contribution in [1.29, 1.82) is 0 Å². The Labute approximate surface area is 65.1 Å². The normalized spacial score (nSPS) is 39.8. The summed E-state index contributed by atoms with van der Waals surface area (Å²) in [6.45, 7) is 2.38. The molecule has 0 N–H and O–H groups in total. The van der Waals surface area contributed by atoms with Crippen LogP contribution in [0.2, 0.25) is 3.93 Å². The van der Waals surface area contributed by atoms with Crippen LogP contribution in [0, 0.1) is 5.92 Å². The molecule has 1 aliphatic rings. The molecule has 0 aliphatic heterocycles. The van der Waals surface area contributed by atoms with Crippen LogP contribution in [0.1, 0.15) is 32.6 Å². The van der Waals surface area contributed by atoms with Crippen molar-refractivity contribution in [2.24, 2.45) is 5.92 Å². The molecule has 0 aromatic heterocycles. The molecule has 1 heteroatoms. The molecule has 0 aromatic rings. The predicted molar refractivity (Wildman–Crippen MR) is 38.5 cm³/mol. The van der Waals surface area contributed by atoms with Crippen molar-refractivity contribution in [1.82, 2.24) is 0 Å². The van der Waals surface area contributed by atoms with Crippen molar-refractivity contribution in [3.8, 4) is 0 Å². The third-order valence-electron chi connectivity index (χ3n) is 2.06. The molecule has 1 aliphatic carbocycles. The van der Waals surface area contributed by atoms with Gasteiger partial charge < -0.3 is 0 Å². The van der Waals surface area contributed by atoms with Gasteiger partial charge in [-0.2, -0.15) is 0 Å². The van der Waals surface area contributed by atoms with Crippen LogP contribution in [0.5, 0.6) is 0 Å². The summed E-state index contributed by atoms with van der Waals surface area (Å²) in [4.78, 5) is 0. The first-order valence-corrected chi connectivity index (χ1v) is 5.45. The van der Waals surface area contributed by atoms with E-state index in [1.165, 1.54) is 48.2 Å². The second-order valence-corrected chi connectivity index (χ2v) is 5.71. The van der Waals surface area contributed by atoms with Crippen molar-refractivity contribution in [3.63, 3.8) is 0 Å². The summed E-state index contributed by atoms with van der Waals surface area (Å²) in [7, 11) is 0. The van der Waals surface area contributed by atoms with Crippen molar-refractivity contribution >= 4 is 22.5 Å². The van der Waals surface area contributed by atoms with E-state index in [1.807, 2.05) is 0 Å². The number of rotatable bonds is 0. The van der Waals surface area contributed by atoms with Crippen LogP contribution in [0.25, 0.3) is 0 Å². The Bertz CT molecular complexity index is 52.8. The van der Waals surface area contributed by atoms with Crippen LogP contribution in [-0.2, 0) is 0 Å². The third-order valence-corrected chi connectivity index (χ3v) is 3.96. The SMILES string of the molecule is CC1CC[CH]([SnH])CC1. The summed E-state index contributed by atoms with van der Waals surface area (Å²) in [5.74, 6) is 1.04. The Kier molecular flexibility index (Phi) is 2.67. The molecule has 0 heterocycles. The molecule has 0 spiro atoms. The van der Waals surface area contributed by atoms with Crippen LogP contribution in [0.4, 0.5) is 0 Å². The van der Waals surface area contributed by atoms with Gasteiger partial charge in [0, 0.05) is 0 Å². The van der Waals surface area contributed by atoms with Gasteiger partial charge in [-0.3, -0.25) is 0 Å². The summed E-state index contributed by atoms with van der Waals surface area (Å²) in [5.41, 5.74) is 0. The van der Waals surface area contributed by atoms with Gasteiger partial charge in [0.15, 0.2) is 0 Å². The van der Waals surface area contributed by atoms with Gasteiger partial charge in [-0.1, -0.05) is 0 Å². The molecule has 0 saturated heterocycles. The molecule has 0 bridgehead atoms. The first kappa shape index (κ1) is 6.91. The van der Waals surface area contributed by atoms with Gasteiger partial charge in [0.1, 0.15) is 0 Å². The fraction of sp³-hybridized carbons (Fsp3) is 1.00. The third kappa shape index (κ3) is 1.96. The summed E-state index contributed by atoms with van der Waals surface area (Å²) >= 11 is 1.50. The molecular weight excluding hydrogens is 203 g/mol. The minimum absolute atomic E-state index is 1.04. The summed E-state index contributed by atoms with van der Waals surface area (Å²) in [5, 5.41) is 0. The fourth-order valence-corrected chi connectivity index (χ4v) is 2.38. The minimum atomic E-state index is 1.04. The van der Waals surface area contributed by atoms with Crippen LogP contribution in [0.3, 0.4) is 0 Å². The van der Waals surface area contributed by atoms with Crippen LogP contribution in [0.15, 0.2) is 0 Å². The molecule has 0 aromatic carbocycles. The fourth-order valence-electron chi connectivity index (χ4n) is 1.29. The Balaban J connectivity index is 2.19. The maximum absolute atomic E-state index is 2.38. The number of hydrogen-bond acceptors (Lipinski definition) is 0. The molecule has 8 heavy (non-hydrogen) atoms. The zero-order valence-corrected chi connectivity index (χ0v) is 8.86. The first-order chi connectivity index (χ1) is 3.79. The van der Waals surface area contributed by atoms with Crippen molar-refractivity contribution in [2.75, 3.05) is 0 Å². The van der Waals surface area contributed by atoms with E-state index in [4.69, 9.17) is 0 Å². The van der Waals surface area contributed by atoms with Gasteiger partial charge in [-0.25, -0.2) is 0 Å². The van der Waals surface area contributed by atoms with Crippen LogP contribution < -0.4 is 0 Å². The second kappa shape index (κ2) is 3.09. The molecule has 0 atom stereocenters. The Morgan fingerprint density at radius 1 is 1.12 bits per heavy atom. The summed E-state index contributed by atoms with van der Waals surface area (Å²) in [6, 6.07) is 0. The van der Waals surface area contributed by atoms with E-state index < -0.39 is 0 Å². The zero-order chi connectivity index (χ0) is 5.98. The van der Waals surface area contributed by atoms with E-state index in [0.717, 1.165) is 9.85 Å². The van der Waals surface area contributed by atoms with Crippen LogP contribution in [-0.4, -0.2) is 22.5 Å². The molecule has 1 saturated carbocycles. The van der Waals surface area contributed by atoms with Gasteiger partial charge in [-0.05, 0) is 0 Å². The molecular formula is C7H14Sn. The molecule has 0 unspecified atom stereocenters. The van der Waals surface area contributed by atoms with E-state index in [-0.39, 0.29) is 0 Å². The molecule has 1 rings (SSSR count). The Morgan fingerprint density at radius 3 is 2.00 bits per heavy atom. The van der Waals surface area contributed by atoms with Gasteiger partial charge in [-0.15, -0.1) is 0 Å². The van der Waals surface area contributed by atoms with Crippen molar-refractivity contribution < 1.29 is 0 Å². The van der Waals surface area contributed by atoms with Crippen LogP contribution >= 0.6 is 0 Å². The van der Waals surface area contributed by atoms with Crippen molar-refractivity contribution in [3.05, 3.63) is 0 Å². The van der Waals surface area contributed by atoms with E-state index >= 15 is 0 Å². The molecule has 1 fully saturated rings. The topological polar surface area (TPSA) is 0 Å². The van der Waals surface area contributed by atoms with E-state index in [0.29, 0.717) is 0 Å². The summed E-state index contributed by atoms with van der Waals surface area (Å²) < 4.78 is 1.15. The molecule has 2 radical (unpaired) electrons. The van der Waals surface area contributed by atoms with Gasteiger partial charge in [0.25, 0.3) is 0 Å². The first-order valence-electron chi connectivity index (χ1n) is 3.54. The zero-order valence-electron chi connectivity index (χ0n) is 5.56. The van der Waals surface area contributed by atoms with E-state index in [1.54, 1.807) is 0 Å². The standard InChI is InChI=1S/C7H13.Sn.H/c1-7-5-3-2-4-6-7;;/h2,7H,3-6H2,1H3;;. The Hall–Kier alpha value is 0.799. The van der Waals surface area contributed by atoms with Gasteiger partial charge in [0.05, 0.1) is 0 Å². The average molecular weight is 217 g/mol. The number of hydrogen-bond donors (Lipinski definition) is 0. The predicted octanol–water partition coefficient (Wildman–Crippen LogP) is 1.89. The maximum atomic E-state index is 2.38. The monoisotopic (exact) mass is 218 g/mol. The second-order valence-electron chi connectivity index (χ2n) is 3.02.